The number of benzene rings is 3. The Balaban J connectivity index is 1.70. The maximum absolute atomic E-state index is 15.9. The van der Waals surface area contributed by atoms with Crippen molar-refractivity contribution < 1.29 is 30.7 Å². The van der Waals surface area contributed by atoms with Gasteiger partial charge in [0.2, 0.25) is 0 Å². The fourth-order valence-corrected chi connectivity index (χ4v) is 6.96. The van der Waals surface area contributed by atoms with Gasteiger partial charge in [0.05, 0.1) is 56.7 Å². The minimum absolute atomic E-state index is 0.0405. The number of aromatic nitrogens is 2. The molecule has 0 amide bonds. The van der Waals surface area contributed by atoms with E-state index in [1.807, 2.05) is 24.3 Å². The molecule has 5 aromatic rings. The molecule has 0 fully saturated rings. The van der Waals surface area contributed by atoms with Crippen LogP contribution in [0.15, 0.2) is 60.7 Å². The van der Waals surface area contributed by atoms with E-state index in [2.05, 4.69) is 9.97 Å². The van der Waals surface area contributed by atoms with E-state index in [9.17, 15) is 50.0 Å². The van der Waals surface area contributed by atoms with Crippen molar-refractivity contribution in [1.29, 1.82) is 36.8 Å². The van der Waals surface area contributed by atoms with Gasteiger partial charge in [-0.25, -0.2) is 22.5 Å². The number of hydrogen-bond donors (Lipinski definition) is 0. The van der Waals surface area contributed by atoms with E-state index in [-0.39, 0.29) is 66.8 Å². The number of rotatable bonds is 4. The lowest BCUT2D eigenvalue weighted by Gasteiger charge is -2.15. The van der Waals surface area contributed by atoms with Crippen LogP contribution in [0.1, 0.15) is 61.3 Å². The van der Waals surface area contributed by atoms with Gasteiger partial charge in [0.1, 0.15) is 30.3 Å². The normalized spacial score (nSPS) is 14.2. The Hall–Kier alpha value is -9.14. The second-order valence-corrected chi connectivity index (χ2v) is 12.3. The Labute approximate surface area is 327 Å². The van der Waals surface area contributed by atoms with Crippen LogP contribution >= 0.6 is 0 Å². The molecule has 2 aliphatic rings. The molecule has 0 saturated carbocycles. The van der Waals surface area contributed by atoms with Crippen molar-refractivity contribution in [3.63, 3.8) is 0 Å². The monoisotopic (exact) mass is 785 g/mol. The average molecular weight is 786 g/mol. The van der Waals surface area contributed by atoms with Crippen molar-refractivity contribution in [2.24, 2.45) is 0 Å². The quantitative estimate of drug-likeness (QED) is 0.0972. The van der Waals surface area contributed by atoms with E-state index < -0.39 is 80.2 Å². The third kappa shape index (κ3) is 5.73. The molecule has 0 bridgehead atoms. The van der Waals surface area contributed by atoms with Crippen molar-refractivity contribution in [1.82, 2.24) is 9.97 Å². The number of halogens is 7. The molecule has 2 heterocycles. The van der Waals surface area contributed by atoms with Crippen LogP contribution in [0.4, 0.5) is 30.7 Å². The fourth-order valence-electron chi connectivity index (χ4n) is 6.96. The number of nitrogens with zero attached hydrogens (tertiary/aromatic N) is 9. The molecule has 0 atom stereocenters. The molecule has 3 aromatic carbocycles. The second-order valence-electron chi connectivity index (χ2n) is 12.3. The first-order valence-electron chi connectivity index (χ1n) is 16.3. The van der Waals surface area contributed by atoms with Crippen LogP contribution in [0.25, 0.3) is 44.6 Å². The molecule has 59 heavy (non-hydrogen) atoms. The summed E-state index contributed by atoms with van der Waals surface area (Å²) in [5.74, 6) is -14.1. The van der Waals surface area contributed by atoms with Crippen LogP contribution in [0.3, 0.4) is 0 Å². The van der Waals surface area contributed by atoms with Gasteiger partial charge in [-0.2, -0.15) is 55.0 Å². The largest absolute Gasteiger partial charge is 0.252 e. The van der Waals surface area contributed by atoms with Gasteiger partial charge < -0.3 is 0 Å². The zero-order chi connectivity index (χ0) is 42.4. The molecule has 2 aromatic heterocycles. The van der Waals surface area contributed by atoms with Gasteiger partial charge in [0, 0.05) is 33.4 Å². The lowest BCUT2D eigenvalue weighted by molar-refractivity contribution is 0.404. The molecule has 0 radical (unpaired) electrons. The van der Waals surface area contributed by atoms with Gasteiger partial charge in [0.15, 0.2) is 29.0 Å². The predicted octanol–water partition coefficient (Wildman–Crippen LogP) is 8.83. The molecule has 0 saturated heterocycles. The smallest absolute Gasteiger partial charge is 0.203 e. The lowest BCUT2D eigenvalue weighted by atomic mass is 9.87. The zero-order valence-electron chi connectivity index (χ0n) is 28.9. The summed E-state index contributed by atoms with van der Waals surface area (Å²) < 4.78 is 106. The van der Waals surface area contributed by atoms with Crippen molar-refractivity contribution in [2.75, 3.05) is 0 Å². The van der Waals surface area contributed by atoms with E-state index in [1.54, 1.807) is 12.1 Å². The summed E-state index contributed by atoms with van der Waals surface area (Å²) in [7, 11) is 0. The number of nitriles is 7. The highest BCUT2D eigenvalue weighted by atomic mass is 19.2. The Bertz CT molecular complexity index is 3210. The summed E-state index contributed by atoms with van der Waals surface area (Å²) in [5, 5.41) is 70.8. The molecule has 0 aliphatic heterocycles. The first-order chi connectivity index (χ1) is 28.4. The van der Waals surface area contributed by atoms with Gasteiger partial charge in [0.25, 0.3) is 17.8 Å². The van der Waals surface area contributed by atoms with Gasteiger partial charge in [-0.05, 0) is 58.7 Å². The average Bonchev–Trinajstić information content (AvgIpc) is 3.74. The first kappa shape index (κ1) is 38.1. The summed E-state index contributed by atoms with van der Waals surface area (Å²) in [6, 6.07) is 24.9. The van der Waals surface area contributed by atoms with Gasteiger partial charge >= 0.3 is 0 Å². The topological polar surface area (TPSA) is 192 Å². The highest BCUT2D eigenvalue weighted by Crippen LogP contribution is 2.56. The minimum Gasteiger partial charge on any atom is -0.203 e. The summed E-state index contributed by atoms with van der Waals surface area (Å²) in [4.78, 5) is 5.51. The maximum atomic E-state index is 15.9. The molecule has 0 unspecified atom stereocenters. The molecule has 9 nitrogen and oxygen atoms in total. The van der Waals surface area contributed by atoms with E-state index >= 15 is 17.6 Å². The number of hydrogen-bond acceptors (Lipinski definition) is 9. The van der Waals surface area contributed by atoms with E-state index in [0.29, 0.717) is 0 Å². The van der Waals surface area contributed by atoms with Crippen LogP contribution < -0.4 is 0 Å². The number of pyridine rings is 2. The fraction of sp³-hybridized carbons (Fsp3) is 0. The predicted molar refractivity (Wildman–Crippen MR) is 191 cm³/mol. The summed E-state index contributed by atoms with van der Waals surface area (Å²) in [6.45, 7) is 0. The molecular weight excluding hydrogens is 776 g/mol. The molecule has 0 N–H and O–H groups in total. The minimum atomic E-state index is -2.11. The molecule has 2 aliphatic carbocycles. The second kappa shape index (κ2) is 14.5. The SMILES string of the molecule is N#CC1=C(c2ccc(C#N)cc2)/C(=C(\C#N)c2c(F)c(F)nc(F)c2F)c2cc3c(cc21)/C(=C(/C#N)c1c(F)c(F)nc(C#N)c1F)C(c1ccc(C#N)cc1)=C3C#N. The van der Waals surface area contributed by atoms with E-state index in [1.165, 1.54) is 54.6 Å². The van der Waals surface area contributed by atoms with Crippen LogP contribution in [-0.2, 0) is 0 Å². The third-order valence-electron chi connectivity index (χ3n) is 9.43. The maximum Gasteiger partial charge on any atom is 0.252 e. The number of fused-ring (bicyclic) bond motifs is 2. The molecule has 16 heteroatoms. The zero-order valence-corrected chi connectivity index (χ0v) is 28.9. The van der Waals surface area contributed by atoms with E-state index in [0.717, 1.165) is 12.1 Å². The highest BCUT2D eigenvalue weighted by Gasteiger charge is 2.40. The van der Waals surface area contributed by atoms with Crippen molar-refractivity contribution >= 4 is 44.6 Å². The molecule has 276 valence electrons. The first-order valence-corrected chi connectivity index (χ1v) is 16.3. The number of allylic oxidation sites excluding steroid dienone is 8. The Kier molecular flexibility index (Phi) is 9.37. The Morgan fingerprint density at radius 1 is 0.424 bits per heavy atom. The van der Waals surface area contributed by atoms with Crippen molar-refractivity contribution in [2.45, 2.75) is 0 Å². The lowest BCUT2D eigenvalue weighted by Crippen LogP contribution is -2.07. The van der Waals surface area contributed by atoms with Gasteiger partial charge in [-0.3, -0.25) is 0 Å². The summed E-state index contributed by atoms with van der Waals surface area (Å²) in [6.07, 6.45) is 0. The Morgan fingerprint density at radius 3 is 1.14 bits per heavy atom. The summed E-state index contributed by atoms with van der Waals surface area (Å²) in [5.41, 5.74) is -8.72. The van der Waals surface area contributed by atoms with Crippen molar-refractivity contribution in [3.8, 4) is 42.5 Å². The van der Waals surface area contributed by atoms with Crippen molar-refractivity contribution in [3.05, 3.63) is 163 Å². The highest BCUT2D eigenvalue weighted by molar-refractivity contribution is 6.34. The Morgan fingerprint density at radius 2 is 0.797 bits per heavy atom. The van der Waals surface area contributed by atoms with E-state index in [4.69, 9.17) is 0 Å². The molecular formula is C43H10F7N9. The van der Waals surface area contributed by atoms with Crippen LogP contribution in [0.2, 0.25) is 0 Å². The van der Waals surface area contributed by atoms with Crippen LogP contribution in [0, 0.1) is 120 Å². The third-order valence-corrected chi connectivity index (χ3v) is 9.43. The van der Waals surface area contributed by atoms with Gasteiger partial charge in [-0.15, -0.1) is 0 Å². The van der Waals surface area contributed by atoms with Crippen LogP contribution in [0.5, 0.6) is 0 Å². The molecule has 0 spiro atoms. The summed E-state index contributed by atoms with van der Waals surface area (Å²) >= 11 is 0. The van der Waals surface area contributed by atoms with Gasteiger partial charge in [-0.1, -0.05) is 24.3 Å². The molecule has 7 rings (SSSR count). The van der Waals surface area contributed by atoms with Crippen LogP contribution in [-0.4, -0.2) is 9.97 Å². The standard InChI is InChI=1S/C43H10F7N9/c44-37-30(17-57)58-41(48)38(45)35(37)28(15-55)33-24-9-23-25(10-22(24)26(13-53)31(33)20-5-1-18(11-51)2-6-20)34(29(16-56)36-39(46)42(49)59-43(50)40(36)47)32(27(23)14-54)21-7-3-19(12-52)4-8-21/h1-10H/b33-28+,34-29+.